The highest BCUT2D eigenvalue weighted by Gasteiger charge is 2.16. The van der Waals surface area contributed by atoms with Crippen LogP contribution in [-0.2, 0) is 0 Å². The minimum absolute atomic E-state index is 0.00418. The number of carbonyl (C=O) groups is 1. The van der Waals surface area contributed by atoms with Crippen LogP contribution in [0.15, 0.2) is 30.3 Å². The molecule has 27 heavy (non-hydrogen) atoms. The molecule has 2 aromatic heterocycles. The Morgan fingerprint density at radius 2 is 1.93 bits per heavy atom. The van der Waals surface area contributed by atoms with Crippen LogP contribution in [-0.4, -0.2) is 40.6 Å². The zero-order valence-corrected chi connectivity index (χ0v) is 16.2. The summed E-state index contributed by atoms with van der Waals surface area (Å²) in [6.07, 6.45) is 0.811. The maximum absolute atomic E-state index is 11.6. The third-order valence-electron chi connectivity index (χ3n) is 4.76. The number of carbonyl (C=O) groups excluding carboxylic acids is 1. The SMILES string of the molecule is CCC(CNc1nc(-c2ccccc2)nc2[nH]c(C)c(C)c12)NC(=O)NC. The number of fused-ring (bicyclic) bond motifs is 1. The zero-order valence-electron chi connectivity index (χ0n) is 16.2. The number of hydrogen-bond acceptors (Lipinski definition) is 4. The quantitative estimate of drug-likeness (QED) is 0.538. The van der Waals surface area contributed by atoms with Crippen molar-refractivity contribution in [1.82, 2.24) is 25.6 Å². The van der Waals surface area contributed by atoms with Crippen LogP contribution in [0.25, 0.3) is 22.4 Å². The van der Waals surface area contributed by atoms with Crippen LogP contribution in [0.1, 0.15) is 24.6 Å². The van der Waals surface area contributed by atoms with E-state index >= 15 is 0 Å². The monoisotopic (exact) mass is 366 g/mol. The van der Waals surface area contributed by atoms with Gasteiger partial charge in [-0.1, -0.05) is 37.3 Å². The second kappa shape index (κ2) is 8.07. The van der Waals surface area contributed by atoms with Crippen molar-refractivity contribution in [1.29, 1.82) is 0 Å². The molecule has 2 amide bonds. The molecule has 7 nitrogen and oxygen atoms in total. The van der Waals surface area contributed by atoms with Crippen molar-refractivity contribution in [3.63, 3.8) is 0 Å². The lowest BCUT2D eigenvalue weighted by Crippen LogP contribution is -2.43. The van der Waals surface area contributed by atoms with Crippen molar-refractivity contribution < 1.29 is 4.79 Å². The zero-order chi connectivity index (χ0) is 19.4. The molecule has 1 unspecified atom stereocenters. The number of amides is 2. The highest BCUT2D eigenvalue weighted by atomic mass is 16.2. The molecular formula is C20H26N6O. The maximum Gasteiger partial charge on any atom is 0.314 e. The smallest absolute Gasteiger partial charge is 0.314 e. The van der Waals surface area contributed by atoms with Crippen molar-refractivity contribution in [3.8, 4) is 11.4 Å². The highest BCUT2D eigenvalue weighted by Crippen LogP contribution is 2.29. The molecule has 0 fully saturated rings. The van der Waals surface area contributed by atoms with Crippen molar-refractivity contribution in [2.75, 3.05) is 18.9 Å². The van der Waals surface area contributed by atoms with Crippen molar-refractivity contribution in [2.24, 2.45) is 0 Å². The van der Waals surface area contributed by atoms with Gasteiger partial charge in [0.1, 0.15) is 11.5 Å². The number of urea groups is 1. The first-order valence-electron chi connectivity index (χ1n) is 9.18. The normalized spacial score (nSPS) is 12.0. The van der Waals surface area contributed by atoms with E-state index in [2.05, 4.69) is 27.9 Å². The van der Waals surface area contributed by atoms with Crippen LogP contribution in [0, 0.1) is 13.8 Å². The predicted molar refractivity (Wildman–Crippen MR) is 109 cm³/mol. The average Bonchev–Trinajstić information content (AvgIpc) is 2.99. The Hall–Kier alpha value is -3.09. The van der Waals surface area contributed by atoms with Gasteiger partial charge in [-0.25, -0.2) is 14.8 Å². The van der Waals surface area contributed by atoms with Crippen LogP contribution in [0.3, 0.4) is 0 Å². The first-order valence-corrected chi connectivity index (χ1v) is 9.18. The molecule has 4 N–H and O–H groups in total. The lowest BCUT2D eigenvalue weighted by Gasteiger charge is -2.18. The topological polar surface area (TPSA) is 94.7 Å². The highest BCUT2D eigenvalue weighted by molar-refractivity contribution is 5.92. The molecule has 2 heterocycles. The van der Waals surface area contributed by atoms with Gasteiger partial charge in [-0.3, -0.25) is 0 Å². The van der Waals surface area contributed by atoms with Gasteiger partial charge >= 0.3 is 6.03 Å². The fourth-order valence-corrected chi connectivity index (χ4v) is 2.98. The van der Waals surface area contributed by atoms with E-state index in [0.29, 0.717) is 12.4 Å². The van der Waals surface area contributed by atoms with Gasteiger partial charge in [0.15, 0.2) is 5.82 Å². The Bertz CT molecular complexity index is 935. The van der Waals surface area contributed by atoms with Crippen molar-refractivity contribution in [2.45, 2.75) is 33.2 Å². The van der Waals surface area contributed by atoms with E-state index in [0.717, 1.165) is 40.1 Å². The number of aryl methyl sites for hydroxylation is 2. The summed E-state index contributed by atoms with van der Waals surface area (Å²) in [5.41, 5.74) is 3.97. The maximum atomic E-state index is 11.6. The summed E-state index contributed by atoms with van der Waals surface area (Å²) in [5, 5.41) is 9.94. The molecular weight excluding hydrogens is 340 g/mol. The van der Waals surface area contributed by atoms with E-state index in [1.54, 1.807) is 7.05 Å². The van der Waals surface area contributed by atoms with Crippen LogP contribution in [0.4, 0.5) is 10.6 Å². The molecule has 0 spiro atoms. The van der Waals surface area contributed by atoms with Gasteiger partial charge < -0.3 is 20.9 Å². The predicted octanol–water partition coefficient (Wildman–Crippen LogP) is 3.36. The van der Waals surface area contributed by atoms with E-state index in [1.165, 1.54) is 0 Å². The molecule has 3 aromatic rings. The molecule has 0 bridgehead atoms. The third kappa shape index (κ3) is 4.02. The fraction of sp³-hybridized carbons (Fsp3) is 0.350. The Labute approximate surface area is 159 Å². The fourth-order valence-electron chi connectivity index (χ4n) is 2.98. The van der Waals surface area contributed by atoms with Crippen molar-refractivity contribution >= 4 is 22.9 Å². The van der Waals surface area contributed by atoms with Gasteiger partial charge in [-0.05, 0) is 25.8 Å². The van der Waals surface area contributed by atoms with E-state index < -0.39 is 0 Å². The summed E-state index contributed by atoms with van der Waals surface area (Å²) < 4.78 is 0. The van der Waals surface area contributed by atoms with Gasteiger partial charge in [0, 0.05) is 30.9 Å². The number of aromatic amines is 1. The van der Waals surface area contributed by atoms with Gasteiger partial charge in [-0.15, -0.1) is 0 Å². The second-order valence-electron chi connectivity index (χ2n) is 6.57. The Morgan fingerprint density at radius 3 is 2.59 bits per heavy atom. The number of H-pyrrole nitrogens is 1. The third-order valence-corrected chi connectivity index (χ3v) is 4.76. The Morgan fingerprint density at radius 1 is 1.19 bits per heavy atom. The van der Waals surface area contributed by atoms with Crippen LogP contribution < -0.4 is 16.0 Å². The molecule has 7 heteroatoms. The largest absolute Gasteiger partial charge is 0.367 e. The molecule has 0 saturated heterocycles. The van der Waals surface area contributed by atoms with Gasteiger partial charge in [0.25, 0.3) is 0 Å². The molecule has 0 radical (unpaired) electrons. The molecule has 0 aliphatic heterocycles. The van der Waals surface area contributed by atoms with E-state index in [4.69, 9.17) is 9.97 Å². The minimum Gasteiger partial charge on any atom is -0.367 e. The van der Waals surface area contributed by atoms with Crippen molar-refractivity contribution in [3.05, 3.63) is 41.6 Å². The number of anilines is 1. The minimum atomic E-state index is -0.185. The molecule has 0 aliphatic rings. The number of aromatic nitrogens is 3. The summed E-state index contributed by atoms with van der Waals surface area (Å²) in [7, 11) is 1.61. The van der Waals surface area contributed by atoms with Crippen LogP contribution in [0.2, 0.25) is 0 Å². The van der Waals surface area contributed by atoms with Gasteiger partial charge in [0.2, 0.25) is 0 Å². The van der Waals surface area contributed by atoms with E-state index in [9.17, 15) is 4.79 Å². The Balaban J connectivity index is 1.96. The first-order chi connectivity index (χ1) is 13.0. The van der Waals surface area contributed by atoms with E-state index in [-0.39, 0.29) is 12.1 Å². The first kappa shape index (κ1) is 18.7. The number of nitrogens with one attached hydrogen (secondary N) is 4. The number of hydrogen-bond donors (Lipinski definition) is 4. The summed E-state index contributed by atoms with van der Waals surface area (Å²) in [6.45, 7) is 6.71. The average molecular weight is 366 g/mol. The van der Waals surface area contributed by atoms with Crippen LogP contribution in [0.5, 0.6) is 0 Å². The van der Waals surface area contributed by atoms with Crippen LogP contribution >= 0.6 is 0 Å². The number of rotatable bonds is 6. The summed E-state index contributed by atoms with van der Waals surface area (Å²) in [4.78, 5) is 24.5. The second-order valence-corrected chi connectivity index (χ2v) is 6.57. The number of nitrogens with zero attached hydrogens (tertiary/aromatic N) is 2. The Kier molecular flexibility index (Phi) is 5.59. The molecule has 1 atom stereocenters. The molecule has 142 valence electrons. The lowest BCUT2D eigenvalue weighted by atomic mass is 10.1. The van der Waals surface area contributed by atoms with E-state index in [1.807, 2.05) is 44.2 Å². The molecule has 0 saturated carbocycles. The van der Waals surface area contributed by atoms with Gasteiger partial charge in [-0.2, -0.15) is 0 Å². The molecule has 3 rings (SSSR count). The summed E-state index contributed by atoms with van der Waals surface area (Å²) >= 11 is 0. The van der Waals surface area contributed by atoms with Gasteiger partial charge in [0.05, 0.1) is 5.39 Å². The number of benzene rings is 1. The summed E-state index contributed by atoms with van der Waals surface area (Å²) in [5.74, 6) is 1.44. The summed E-state index contributed by atoms with van der Waals surface area (Å²) in [6, 6.07) is 9.72. The standard InChI is InChI=1S/C20H26N6O/c1-5-15(24-20(27)21-4)11-22-18-16-12(2)13(3)23-19(16)26-17(25-18)14-9-7-6-8-10-14/h6-10,15H,5,11H2,1-4H3,(H2,21,24,27)(H2,22,23,25,26). The molecule has 1 aromatic carbocycles. The molecule has 0 aliphatic carbocycles. The lowest BCUT2D eigenvalue weighted by molar-refractivity contribution is 0.239.